The molecule has 0 aliphatic rings. The molecule has 1 heterocycles. The summed E-state index contributed by atoms with van der Waals surface area (Å²) < 4.78 is 5.23. The fourth-order valence-electron chi connectivity index (χ4n) is 1.91. The second-order valence-electron chi connectivity index (χ2n) is 4.41. The molecular formula is C15H16ClN3O2. The number of carbonyl (C=O) groups excluding carboxylic acids is 1. The Kier molecular flexibility index (Phi) is 4.65. The first-order valence-corrected chi connectivity index (χ1v) is 6.88. The van der Waals surface area contributed by atoms with Crippen molar-refractivity contribution in [2.75, 3.05) is 7.05 Å². The maximum absolute atomic E-state index is 11.9. The average Bonchev–Trinajstić information content (AvgIpc) is 2.89. The Morgan fingerprint density at radius 2 is 2.10 bits per heavy atom. The molecule has 0 bridgehead atoms. The molecule has 21 heavy (non-hydrogen) atoms. The summed E-state index contributed by atoms with van der Waals surface area (Å²) in [4.78, 5) is 11.9. The van der Waals surface area contributed by atoms with E-state index < -0.39 is 0 Å². The molecule has 110 valence electrons. The van der Waals surface area contributed by atoms with Crippen LogP contribution in [-0.4, -0.2) is 18.1 Å². The average molecular weight is 306 g/mol. The number of carbonyl (C=O) groups is 1. The van der Waals surface area contributed by atoms with Crippen LogP contribution in [0.15, 0.2) is 28.8 Å². The van der Waals surface area contributed by atoms with Gasteiger partial charge in [-0.2, -0.15) is 0 Å². The van der Waals surface area contributed by atoms with Crippen molar-refractivity contribution in [1.82, 2.24) is 10.5 Å². The smallest absolute Gasteiger partial charge is 0.256 e. The summed E-state index contributed by atoms with van der Waals surface area (Å²) in [5.74, 6) is 0.0990. The lowest BCUT2D eigenvalue weighted by Gasteiger charge is -2.02. The SMILES string of the molecule is CCc1noc(/C=C(\N)c2ccc(Cl)cc2)c1C(=O)NC. The molecule has 0 radical (unpaired) electrons. The number of aromatic nitrogens is 1. The molecule has 0 aliphatic heterocycles. The first kappa shape index (κ1) is 15.1. The number of rotatable bonds is 4. The van der Waals surface area contributed by atoms with Gasteiger partial charge >= 0.3 is 0 Å². The van der Waals surface area contributed by atoms with E-state index in [-0.39, 0.29) is 5.91 Å². The Labute approximate surface area is 127 Å². The van der Waals surface area contributed by atoms with E-state index in [0.717, 1.165) is 5.56 Å². The van der Waals surface area contributed by atoms with Crippen molar-refractivity contribution in [3.63, 3.8) is 0 Å². The van der Waals surface area contributed by atoms with Gasteiger partial charge in [0.2, 0.25) is 0 Å². The molecule has 0 aliphatic carbocycles. The minimum absolute atomic E-state index is 0.247. The van der Waals surface area contributed by atoms with Crippen LogP contribution in [0.4, 0.5) is 0 Å². The Hall–Kier alpha value is -2.27. The number of nitrogens with one attached hydrogen (secondary N) is 1. The number of benzene rings is 1. The van der Waals surface area contributed by atoms with Crippen LogP contribution in [0.1, 0.15) is 34.3 Å². The maximum Gasteiger partial charge on any atom is 0.256 e. The van der Waals surface area contributed by atoms with Crippen LogP contribution in [-0.2, 0) is 6.42 Å². The van der Waals surface area contributed by atoms with Gasteiger partial charge in [-0.15, -0.1) is 0 Å². The standard InChI is InChI=1S/C15H16ClN3O2/c1-3-12-14(15(20)18-2)13(21-19-12)8-11(17)9-4-6-10(16)7-5-9/h4-8H,3,17H2,1-2H3,(H,18,20)/b11-8-. The van der Waals surface area contributed by atoms with Gasteiger partial charge in [-0.05, 0) is 24.1 Å². The first-order chi connectivity index (χ1) is 10.1. The van der Waals surface area contributed by atoms with E-state index in [4.69, 9.17) is 21.9 Å². The molecule has 0 saturated carbocycles. The number of nitrogens with two attached hydrogens (primary N) is 1. The quantitative estimate of drug-likeness (QED) is 0.910. The van der Waals surface area contributed by atoms with Gasteiger partial charge in [-0.1, -0.05) is 35.8 Å². The molecule has 1 aromatic carbocycles. The van der Waals surface area contributed by atoms with Gasteiger partial charge in [0.25, 0.3) is 5.91 Å². The van der Waals surface area contributed by atoms with Crippen molar-refractivity contribution in [1.29, 1.82) is 0 Å². The number of halogens is 1. The van der Waals surface area contributed by atoms with E-state index in [1.165, 1.54) is 0 Å². The molecule has 0 saturated heterocycles. The molecular weight excluding hydrogens is 290 g/mol. The summed E-state index contributed by atoms with van der Waals surface area (Å²) in [6.07, 6.45) is 2.20. The van der Waals surface area contributed by atoms with Gasteiger partial charge in [0.15, 0.2) is 5.76 Å². The molecule has 1 amide bonds. The zero-order chi connectivity index (χ0) is 15.4. The fourth-order valence-corrected chi connectivity index (χ4v) is 2.04. The zero-order valence-corrected chi connectivity index (χ0v) is 12.6. The summed E-state index contributed by atoms with van der Waals surface area (Å²) in [5, 5.41) is 7.11. The summed E-state index contributed by atoms with van der Waals surface area (Å²) in [6.45, 7) is 1.90. The predicted octanol–water partition coefficient (Wildman–Crippen LogP) is 2.71. The third kappa shape index (κ3) is 3.25. The van der Waals surface area contributed by atoms with E-state index in [9.17, 15) is 4.79 Å². The normalized spacial score (nSPS) is 11.5. The van der Waals surface area contributed by atoms with Gasteiger partial charge in [0.05, 0.1) is 5.69 Å². The Bertz CT molecular complexity index is 675. The molecule has 0 unspecified atom stereocenters. The Morgan fingerprint density at radius 1 is 1.43 bits per heavy atom. The van der Waals surface area contributed by atoms with Crippen molar-refractivity contribution >= 4 is 29.3 Å². The summed E-state index contributed by atoms with van der Waals surface area (Å²) in [6, 6.07) is 7.08. The van der Waals surface area contributed by atoms with Crippen LogP contribution in [0, 0.1) is 0 Å². The summed E-state index contributed by atoms with van der Waals surface area (Å²) in [5.41, 5.74) is 8.31. The number of amides is 1. The minimum Gasteiger partial charge on any atom is -0.398 e. The van der Waals surface area contributed by atoms with Gasteiger partial charge in [0.1, 0.15) is 5.56 Å². The second-order valence-corrected chi connectivity index (χ2v) is 4.84. The highest BCUT2D eigenvalue weighted by Gasteiger charge is 2.19. The lowest BCUT2D eigenvalue weighted by Crippen LogP contribution is -2.19. The largest absolute Gasteiger partial charge is 0.398 e. The molecule has 1 aromatic heterocycles. The van der Waals surface area contributed by atoms with Gasteiger partial charge < -0.3 is 15.6 Å². The van der Waals surface area contributed by atoms with E-state index in [1.807, 2.05) is 6.92 Å². The molecule has 2 aromatic rings. The molecule has 0 fully saturated rings. The van der Waals surface area contributed by atoms with E-state index >= 15 is 0 Å². The van der Waals surface area contributed by atoms with Gasteiger partial charge in [-0.3, -0.25) is 4.79 Å². The summed E-state index contributed by atoms with van der Waals surface area (Å²) >= 11 is 5.84. The van der Waals surface area contributed by atoms with Crippen LogP contribution >= 0.6 is 11.6 Å². The number of nitrogens with zero attached hydrogens (tertiary/aromatic N) is 1. The first-order valence-electron chi connectivity index (χ1n) is 6.50. The van der Waals surface area contributed by atoms with Gasteiger partial charge in [0, 0.05) is 23.8 Å². The highest BCUT2D eigenvalue weighted by molar-refractivity contribution is 6.30. The van der Waals surface area contributed by atoms with Crippen molar-refractivity contribution < 1.29 is 9.32 Å². The number of hydrogen-bond donors (Lipinski definition) is 2. The van der Waals surface area contributed by atoms with Crippen LogP contribution in [0.25, 0.3) is 11.8 Å². The molecule has 2 rings (SSSR count). The van der Waals surface area contributed by atoms with Crippen molar-refractivity contribution in [3.8, 4) is 0 Å². The zero-order valence-electron chi connectivity index (χ0n) is 11.8. The van der Waals surface area contributed by atoms with E-state index in [1.54, 1.807) is 37.4 Å². The molecule has 6 heteroatoms. The van der Waals surface area contributed by atoms with E-state index in [2.05, 4.69) is 10.5 Å². The van der Waals surface area contributed by atoms with Crippen LogP contribution < -0.4 is 11.1 Å². The van der Waals surface area contributed by atoms with E-state index in [0.29, 0.717) is 34.2 Å². The summed E-state index contributed by atoms with van der Waals surface area (Å²) in [7, 11) is 1.56. The highest BCUT2D eigenvalue weighted by Crippen LogP contribution is 2.21. The Balaban J connectivity index is 2.42. The van der Waals surface area contributed by atoms with Crippen molar-refractivity contribution in [2.24, 2.45) is 5.73 Å². The lowest BCUT2D eigenvalue weighted by atomic mass is 10.1. The maximum atomic E-state index is 11.9. The van der Waals surface area contributed by atoms with Crippen molar-refractivity contribution in [2.45, 2.75) is 13.3 Å². The molecule has 0 atom stereocenters. The third-order valence-corrected chi connectivity index (χ3v) is 3.29. The lowest BCUT2D eigenvalue weighted by molar-refractivity contribution is 0.0961. The predicted molar refractivity (Wildman–Crippen MR) is 82.8 cm³/mol. The van der Waals surface area contributed by atoms with Gasteiger partial charge in [-0.25, -0.2) is 0 Å². The second kappa shape index (κ2) is 6.45. The highest BCUT2D eigenvalue weighted by atomic mass is 35.5. The number of hydrogen-bond acceptors (Lipinski definition) is 4. The number of aryl methyl sites for hydroxylation is 1. The molecule has 0 spiro atoms. The van der Waals surface area contributed by atoms with Crippen molar-refractivity contribution in [3.05, 3.63) is 51.9 Å². The van der Waals surface area contributed by atoms with Crippen LogP contribution in [0.2, 0.25) is 5.02 Å². The van der Waals surface area contributed by atoms with Crippen LogP contribution in [0.3, 0.4) is 0 Å². The minimum atomic E-state index is -0.247. The van der Waals surface area contributed by atoms with Crippen LogP contribution in [0.5, 0.6) is 0 Å². The Morgan fingerprint density at radius 3 is 2.67 bits per heavy atom. The topological polar surface area (TPSA) is 81.2 Å². The molecule has 5 nitrogen and oxygen atoms in total. The third-order valence-electron chi connectivity index (χ3n) is 3.04. The molecule has 3 N–H and O–H groups in total. The fraction of sp³-hybridized carbons (Fsp3) is 0.200. The monoisotopic (exact) mass is 305 g/mol.